The summed E-state index contributed by atoms with van der Waals surface area (Å²) in [5.41, 5.74) is 5.77. The van der Waals surface area contributed by atoms with Crippen molar-refractivity contribution in [3.05, 3.63) is 23.8 Å². The summed E-state index contributed by atoms with van der Waals surface area (Å²) >= 11 is 0. The normalized spacial score (nSPS) is 11.2. The molecule has 19 heavy (non-hydrogen) atoms. The highest BCUT2D eigenvalue weighted by Crippen LogP contribution is 2.23. The number of ether oxygens (including phenoxy) is 1. The topological polar surface area (TPSA) is 55.6 Å². The van der Waals surface area contributed by atoms with Crippen molar-refractivity contribution in [2.45, 2.75) is 13.1 Å². The van der Waals surface area contributed by atoms with E-state index in [4.69, 9.17) is 10.5 Å². The van der Waals surface area contributed by atoms with Crippen LogP contribution >= 0.6 is 0 Å². The van der Waals surface area contributed by atoms with Crippen LogP contribution in [-0.4, -0.2) is 37.2 Å². The van der Waals surface area contributed by atoms with E-state index in [1.807, 2.05) is 0 Å². The van der Waals surface area contributed by atoms with Crippen LogP contribution in [0, 0.1) is 0 Å². The fourth-order valence-corrected chi connectivity index (χ4v) is 1.58. The number of hydrogen-bond acceptors (Lipinski definition) is 3. The second-order valence-corrected chi connectivity index (χ2v) is 3.89. The summed E-state index contributed by atoms with van der Waals surface area (Å²) in [7, 11) is 1.43. The van der Waals surface area contributed by atoms with Crippen molar-refractivity contribution in [1.82, 2.24) is 4.90 Å². The predicted octanol–water partition coefficient (Wildman–Crippen LogP) is 2.30. The molecule has 4 nitrogen and oxygen atoms in total. The van der Waals surface area contributed by atoms with Gasteiger partial charge < -0.3 is 15.4 Å². The zero-order chi connectivity index (χ0) is 14.6. The standard InChI is InChI=1S/C12H15F3N2O2/c1-3-17(7-12(13,14)15)11(18)9-5-4-8(19-2)6-10(9)16/h4-6H,3,7,16H2,1-2H3. The Morgan fingerprint density at radius 2 is 2.05 bits per heavy atom. The molecular formula is C12H15F3N2O2. The van der Waals surface area contributed by atoms with Gasteiger partial charge >= 0.3 is 6.18 Å². The van der Waals surface area contributed by atoms with Crippen LogP contribution in [0.15, 0.2) is 18.2 Å². The Kier molecular flexibility index (Phi) is 4.63. The highest BCUT2D eigenvalue weighted by atomic mass is 19.4. The van der Waals surface area contributed by atoms with Crippen LogP contribution in [0.4, 0.5) is 18.9 Å². The predicted molar refractivity (Wildman–Crippen MR) is 65.0 cm³/mol. The monoisotopic (exact) mass is 276 g/mol. The lowest BCUT2D eigenvalue weighted by Gasteiger charge is -2.23. The van der Waals surface area contributed by atoms with Gasteiger partial charge in [-0.15, -0.1) is 0 Å². The van der Waals surface area contributed by atoms with E-state index in [0.29, 0.717) is 10.6 Å². The van der Waals surface area contributed by atoms with Crippen molar-refractivity contribution in [2.24, 2.45) is 0 Å². The van der Waals surface area contributed by atoms with Gasteiger partial charge in [0.25, 0.3) is 5.91 Å². The van der Waals surface area contributed by atoms with Gasteiger partial charge in [-0.1, -0.05) is 0 Å². The second kappa shape index (κ2) is 5.81. The third-order valence-electron chi connectivity index (χ3n) is 2.53. The molecule has 0 aliphatic rings. The minimum absolute atomic E-state index is 0.0342. The van der Waals surface area contributed by atoms with Crippen LogP contribution in [0.25, 0.3) is 0 Å². The van der Waals surface area contributed by atoms with E-state index in [9.17, 15) is 18.0 Å². The molecule has 0 radical (unpaired) electrons. The molecule has 0 saturated carbocycles. The molecule has 106 valence electrons. The number of hydrogen-bond donors (Lipinski definition) is 1. The number of nitrogen functional groups attached to an aromatic ring is 1. The van der Waals surface area contributed by atoms with Crippen molar-refractivity contribution in [3.63, 3.8) is 0 Å². The van der Waals surface area contributed by atoms with Crippen LogP contribution in [0.2, 0.25) is 0 Å². The van der Waals surface area contributed by atoms with Crippen LogP contribution in [0.5, 0.6) is 5.75 Å². The van der Waals surface area contributed by atoms with Crippen molar-refractivity contribution in [1.29, 1.82) is 0 Å². The summed E-state index contributed by atoms with van der Waals surface area (Å²) < 4.78 is 41.9. The Hall–Kier alpha value is -1.92. The molecule has 0 bridgehead atoms. The van der Waals surface area contributed by atoms with Crippen LogP contribution in [0.1, 0.15) is 17.3 Å². The Bertz CT molecular complexity index is 461. The van der Waals surface area contributed by atoms with Gasteiger partial charge in [0.2, 0.25) is 0 Å². The van der Waals surface area contributed by atoms with Crippen LogP contribution in [0.3, 0.4) is 0 Å². The van der Waals surface area contributed by atoms with E-state index in [1.165, 1.54) is 32.2 Å². The number of rotatable bonds is 4. The molecule has 0 spiro atoms. The highest BCUT2D eigenvalue weighted by molar-refractivity contribution is 5.99. The number of halogens is 3. The number of carbonyl (C=O) groups is 1. The van der Waals surface area contributed by atoms with Gasteiger partial charge in [0.1, 0.15) is 12.3 Å². The molecule has 0 unspecified atom stereocenters. The SMILES string of the molecule is CCN(CC(F)(F)F)C(=O)c1ccc(OC)cc1N. The summed E-state index contributed by atoms with van der Waals surface area (Å²) in [6, 6.07) is 4.23. The second-order valence-electron chi connectivity index (χ2n) is 3.89. The maximum atomic E-state index is 12.3. The average Bonchev–Trinajstić information content (AvgIpc) is 2.33. The van der Waals surface area contributed by atoms with Crippen molar-refractivity contribution in [2.75, 3.05) is 25.9 Å². The minimum atomic E-state index is -4.44. The lowest BCUT2D eigenvalue weighted by molar-refractivity contribution is -0.140. The number of carbonyl (C=O) groups excluding carboxylic acids is 1. The molecule has 0 aliphatic carbocycles. The van der Waals surface area contributed by atoms with Gasteiger partial charge in [0.05, 0.1) is 12.7 Å². The van der Waals surface area contributed by atoms with E-state index in [0.717, 1.165) is 0 Å². The molecule has 0 aliphatic heterocycles. The lowest BCUT2D eigenvalue weighted by Crippen LogP contribution is -2.39. The van der Waals surface area contributed by atoms with Crippen LogP contribution in [-0.2, 0) is 0 Å². The molecule has 2 N–H and O–H groups in total. The van der Waals surface area contributed by atoms with E-state index >= 15 is 0 Å². The zero-order valence-corrected chi connectivity index (χ0v) is 10.6. The van der Waals surface area contributed by atoms with Crippen LogP contribution < -0.4 is 10.5 Å². The van der Waals surface area contributed by atoms with E-state index in [1.54, 1.807) is 0 Å². The molecule has 0 atom stereocenters. The quantitative estimate of drug-likeness (QED) is 0.858. The van der Waals surface area contributed by atoms with E-state index in [2.05, 4.69) is 0 Å². The zero-order valence-electron chi connectivity index (χ0n) is 10.6. The highest BCUT2D eigenvalue weighted by Gasteiger charge is 2.33. The maximum absolute atomic E-state index is 12.3. The number of benzene rings is 1. The molecule has 7 heteroatoms. The number of nitrogens with two attached hydrogens (primary N) is 1. The lowest BCUT2D eigenvalue weighted by atomic mass is 10.1. The third kappa shape index (κ3) is 4.04. The number of anilines is 1. The molecule has 1 aromatic rings. The Morgan fingerprint density at radius 3 is 2.47 bits per heavy atom. The van der Waals surface area contributed by atoms with Gasteiger partial charge in [0, 0.05) is 18.3 Å². The molecule has 1 aromatic carbocycles. The number of alkyl halides is 3. The smallest absolute Gasteiger partial charge is 0.406 e. The largest absolute Gasteiger partial charge is 0.497 e. The Morgan fingerprint density at radius 1 is 1.42 bits per heavy atom. The maximum Gasteiger partial charge on any atom is 0.406 e. The van der Waals surface area contributed by atoms with Crippen molar-refractivity contribution < 1.29 is 22.7 Å². The summed E-state index contributed by atoms with van der Waals surface area (Å²) in [5.74, 6) is -0.312. The minimum Gasteiger partial charge on any atom is -0.497 e. The van der Waals surface area contributed by atoms with E-state index < -0.39 is 18.6 Å². The van der Waals surface area contributed by atoms with Gasteiger partial charge in [0.15, 0.2) is 0 Å². The molecule has 1 rings (SSSR count). The molecule has 0 saturated heterocycles. The van der Waals surface area contributed by atoms with Gasteiger partial charge in [-0.25, -0.2) is 0 Å². The summed E-state index contributed by atoms with van der Waals surface area (Å²) in [6.07, 6.45) is -4.44. The first-order valence-electron chi connectivity index (χ1n) is 5.58. The average molecular weight is 276 g/mol. The summed E-state index contributed by atoms with van der Waals surface area (Å²) in [6.45, 7) is 0.126. The molecular weight excluding hydrogens is 261 g/mol. The van der Waals surface area contributed by atoms with Crippen molar-refractivity contribution in [3.8, 4) is 5.75 Å². The summed E-state index contributed by atoms with van der Waals surface area (Å²) in [5, 5.41) is 0. The first-order chi connectivity index (χ1) is 8.78. The first-order valence-corrected chi connectivity index (χ1v) is 5.58. The fourth-order valence-electron chi connectivity index (χ4n) is 1.58. The molecule has 0 heterocycles. The molecule has 0 fully saturated rings. The van der Waals surface area contributed by atoms with Gasteiger partial charge in [-0.05, 0) is 19.1 Å². The van der Waals surface area contributed by atoms with Gasteiger partial charge in [-0.3, -0.25) is 4.79 Å². The number of nitrogens with zero attached hydrogens (tertiary/aromatic N) is 1. The van der Waals surface area contributed by atoms with Crippen molar-refractivity contribution >= 4 is 11.6 Å². The Labute approximate surface area is 108 Å². The first kappa shape index (κ1) is 15.1. The molecule has 1 amide bonds. The number of methoxy groups -OCH3 is 1. The Balaban J connectivity index is 2.98. The summed E-state index contributed by atoms with van der Waals surface area (Å²) in [4.78, 5) is 12.7. The van der Waals surface area contributed by atoms with Gasteiger partial charge in [-0.2, -0.15) is 13.2 Å². The number of amides is 1. The third-order valence-corrected chi connectivity index (χ3v) is 2.53. The van der Waals surface area contributed by atoms with E-state index in [-0.39, 0.29) is 17.8 Å². The molecule has 0 aromatic heterocycles. The fraction of sp³-hybridized carbons (Fsp3) is 0.417.